The minimum atomic E-state index is 0.610. The quantitative estimate of drug-likeness (QED) is 0.353. The molecule has 0 saturated carbocycles. The van der Waals surface area contributed by atoms with Gasteiger partial charge in [0.25, 0.3) is 0 Å². The smallest absolute Gasteiger partial charge is 0.323 e. The highest BCUT2D eigenvalue weighted by molar-refractivity contribution is 5.71. The van der Waals surface area contributed by atoms with Crippen LogP contribution in [0.1, 0.15) is 11.4 Å². The predicted octanol–water partition coefficient (Wildman–Crippen LogP) is 0.564. The van der Waals surface area contributed by atoms with Crippen molar-refractivity contribution < 1.29 is 9.77 Å². The highest BCUT2D eigenvalue weighted by atomic mass is 16.4. The third-order valence-electron chi connectivity index (χ3n) is 2.26. The van der Waals surface area contributed by atoms with Crippen molar-refractivity contribution in [2.24, 2.45) is 12.2 Å². The topological polar surface area (TPSA) is 54.3 Å². The molecule has 0 spiro atoms. The standard InChI is InChI=1S/C11H12N4O/c1-14-9-15(13-11(14)7-12-16)8-10-5-3-2-4-6-10/h2-7,9H,8H2,1H3/p+1. The number of nitrogens with zero attached hydrogens (tertiary/aromatic N) is 4. The largest absolute Gasteiger partial charge is 0.411 e. The van der Waals surface area contributed by atoms with E-state index in [1.807, 2.05) is 43.7 Å². The number of aromatic nitrogens is 3. The van der Waals surface area contributed by atoms with Crippen molar-refractivity contribution in [3.63, 3.8) is 0 Å². The number of rotatable bonds is 3. The first kappa shape index (κ1) is 10.4. The molecule has 0 amide bonds. The summed E-state index contributed by atoms with van der Waals surface area (Å²) in [6.45, 7) is 0.702. The maximum absolute atomic E-state index is 8.45. The summed E-state index contributed by atoms with van der Waals surface area (Å²) in [4.78, 5) is 0. The van der Waals surface area contributed by atoms with E-state index in [1.165, 1.54) is 11.8 Å². The first-order chi connectivity index (χ1) is 7.79. The van der Waals surface area contributed by atoms with Crippen molar-refractivity contribution >= 4 is 6.21 Å². The molecule has 0 aliphatic rings. The fourth-order valence-electron chi connectivity index (χ4n) is 1.50. The highest BCUT2D eigenvalue weighted by Gasteiger charge is 2.11. The Balaban J connectivity index is 2.20. The molecule has 1 aromatic carbocycles. The lowest BCUT2D eigenvalue weighted by molar-refractivity contribution is -0.673. The Bertz CT molecular complexity index is 490. The van der Waals surface area contributed by atoms with Crippen molar-refractivity contribution in [2.75, 3.05) is 0 Å². The Morgan fingerprint density at radius 3 is 2.88 bits per heavy atom. The van der Waals surface area contributed by atoms with Gasteiger partial charge in [-0.1, -0.05) is 35.5 Å². The summed E-state index contributed by atoms with van der Waals surface area (Å²) < 4.78 is 3.59. The third kappa shape index (κ3) is 2.25. The van der Waals surface area contributed by atoms with E-state index >= 15 is 0 Å². The number of hydrogen-bond acceptors (Lipinski definition) is 3. The van der Waals surface area contributed by atoms with Gasteiger partial charge in [-0.15, -0.1) is 4.68 Å². The van der Waals surface area contributed by atoms with Crippen LogP contribution in [0.15, 0.2) is 41.8 Å². The summed E-state index contributed by atoms with van der Waals surface area (Å²) in [5.74, 6) is 0.610. The Kier molecular flexibility index (Phi) is 2.95. The van der Waals surface area contributed by atoms with Crippen LogP contribution in [0.25, 0.3) is 0 Å². The molecular formula is C11H13N4O+. The van der Waals surface area contributed by atoms with E-state index < -0.39 is 0 Å². The molecule has 82 valence electrons. The molecule has 0 aliphatic heterocycles. The number of oxime groups is 1. The lowest BCUT2D eigenvalue weighted by atomic mass is 10.2. The SMILES string of the molecule is C[n+]1cn(Cc2ccccc2)nc1C=NO. The van der Waals surface area contributed by atoms with Gasteiger partial charge in [0.05, 0.1) is 7.05 Å². The molecule has 0 fully saturated rings. The molecule has 5 heteroatoms. The molecule has 0 radical (unpaired) electrons. The fraction of sp³-hybridized carbons (Fsp3) is 0.182. The average molecular weight is 217 g/mol. The molecule has 0 unspecified atom stereocenters. The van der Waals surface area contributed by atoms with Crippen LogP contribution in [0.3, 0.4) is 0 Å². The molecule has 1 heterocycles. The molecule has 0 bridgehead atoms. The Morgan fingerprint density at radius 2 is 2.19 bits per heavy atom. The molecule has 0 atom stereocenters. The molecule has 0 aliphatic carbocycles. The molecule has 2 aromatic rings. The summed E-state index contributed by atoms with van der Waals surface area (Å²) in [7, 11) is 1.85. The predicted molar refractivity (Wildman–Crippen MR) is 58.3 cm³/mol. The monoisotopic (exact) mass is 217 g/mol. The zero-order valence-electron chi connectivity index (χ0n) is 8.98. The second-order valence-electron chi connectivity index (χ2n) is 3.51. The van der Waals surface area contributed by atoms with E-state index in [4.69, 9.17) is 5.21 Å². The zero-order valence-corrected chi connectivity index (χ0v) is 8.98. The van der Waals surface area contributed by atoms with E-state index in [0.29, 0.717) is 12.4 Å². The lowest BCUT2D eigenvalue weighted by Crippen LogP contribution is -2.30. The Hall–Kier alpha value is -2.17. The van der Waals surface area contributed by atoms with Crippen LogP contribution in [0.5, 0.6) is 0 Å². The van der Waals surface area contributed by atoms with Gasteiger partial charge >= 0.3 is 5.82 Å². The van der Waals surface area contributed by atoms with Crippen LogP contribution in [0.2, 0.25) is 0 Å². The van der Waals surface area contributed by atoms with Gasteiger partial charge in [0.1, 0.15) is 12.8 Å². The van der Waals surface area contributed by atoms with Crippen LogP contribution in [-0.4, -0.2) is 21.2 Å². The number of hydrogen-bond donors (Lipinski definition) is 1. The second-order valence-corrected chi connectivity index (χ2v) is 3.51. The summed E-state index contributed by atoms with van der Waals surface area (Å²) in [6, 6.07) is 10.1. The summed E-state index contributed by atoms with van der Waals surface area (Å²) >= 11 is 0. The van der Waals surface area contributed by atoms with Gasteiger partial charge in [-0.3, -0.25) is 0 Å². The van der Waals surface area contributed by atoms with Gasteiger partial charge in [-0.05, 0) is 5.56 Å². The lowest BCUT2D eigenvalue weighted by Gasteiger charge is -1.93. The van der Waals surface area contributed by atoms with Crippen molar-refractivity contribution in [2.45, 2.75) is 6.54 Å². The van der Waals surface area contributed by atoms with Crippen LogP contribution >= 0.6 is 0 Å². The van der Waals surface area contributed by atoms with Gasteiger partial charge in [-0.25, -0.2) is 4.57 Å². The van der Waals surface area contributed by atoms with E-state index in [9.17, 15) is 0 Å². The van der Waals surface area contributed by atoms with Crippen LogP contribution in [-0.2, 0) is 13.6 Å². The van der Waals surface area contributed by atoms with Crippen molar-refractivity contribution in [1.82, 2.24) is 9.78 Å². The molecule has 2 rings (SSSR count). The number of aryl methyl sites for hydroxylation is 1. The van der Waals surface area contributed by atoms with Crippen LogP contribution < -0.4 is 4.57 Å². The summed E-state index contributed by atoms with van der Waals surface area (Å²) in [5, 5.41) is 15.7. The zero-order chi connectivity index (χ0) is 11.4. The van der Waals surface area contributed by atoms with E-state index in [1.54, 1.807) is 9.25 Å². The molecule has 1 aromatic heterocycles. The van der Waals surface area contributed by atoms with Crippen LogP contribution in [0, 0.1) is 0 Å². The minimum Gasteiger partial charge on any atom is -0.411 e. The first-order valence-electron chi connectivity index (χ1n) is 4.94. The summed E-state index contributed by atoms with van der Waals surface area (Å²) in [5.41, 5.74) is 1.18. The maximum atomic E-state index is 8.45. The molecule has 1 N–H and O–H groups in total. The first-order valence-corrected chi connectivity index (χ1v) is 4.94. The van der Waals surface area contributed by atoms with Gasteiger partial charge in [0.15, 0.2) is 0 Å². The summed E-state index contributed by atoms with van der Waals surface area (Å²) in [6.07, 6.45) is 3.16. The van der Waals surface area contributed by atoms with Crippen LogP contribution in [0.4, 0.5) is 0 Å². The van der Waals surface area contributed by atoms with Crippen molar-refractivity contribution in [3.05, 3.63) is 48.0 Å². The van der Waals surface area contributed by atoms with Crippen molar-refractivity contribution in [3.8, 4) is 0 Å². The van der Waals surface area contributed by atoms with Gasteiger partial charge < -0.3 is 5.21 Å². The fourth-order valence-corrected chi connectivity index (χ4v) is 1.50. The van der Waals surface area contributed by atoms with E-state index in [2.05, 4.69) is 10.3 Å². The minimum absolute atomic E-state index is 0.610. The third-order valence-corrected chi connectivity index (χ3v) is 2.26. The maximum Gasteiger partial charge on any atom is 0.323 e. The Morgan fingerprint density at radius 1 is 1.44 bits per heavy atom. The van der Waals surface area contributed by atoms with Gasteiger partial charge in [0, 0.05) is 5.10 Å². The number of benzene rings is 1. The van der Waals surface area contributed by atoms with E-state index in [0.717, 1.165) is 0 Å². The Labute approximate surface area is 93.3 Å². The van der Waals surface area contributed by atoms with Gasteiger partial charge in [-0.2, -0.15) is 0 Å². The molecule has 5 nitrogen and oxygen atoms in total. The van der Waals surface area contributed by atoms with Crippen molar-refractivity contribution in [1.29, 1.82) is 0 Å². The highest BCUT2D eigenvalue weighted by Crippen LogP contribution is 2.00. The van der Waals surface area contributed by atoms with E-state index in [-0.39, 0.29) is 0 Å². The second kappa shape index (κ2) is 4.57. The molecule has 16 heavy (non-hydrogen) atoms. The molecular weight excluding hydrogens is 204 g/mol. The van der Waals surface area contributed by atoms with Gasteiger partial charge in [0.2, 0.25) is 6.33 Å². The molecule has 0 saturated heterocycles. The normalized spacial score (nSPS) is 11.1. The average Bonchev–Trinajstić information content (AvgIpc) is 2.61.